The van der Waals surface area contributed by atoms with Gasteiger partial charge in [0.1, 0.15) is 5.82 Å². The van der Waals surface area contributed by atoms with E-state index in [9.17, 15) is 12.8 Å². The van der Waals surface area contributed by atoms with Crippen molar-refractivity contribution in [2.45, 2.75) is 30.3 Å². The number of nitrogens with one attached hydrogen (secondary N) is 2. The number of thiophene rings is 1. The van der Waals surface area contributed by atoms with Gasteiger partial charge >= 0.3 is 0 Å². The van der Waals surface area contributed by atoms with Crippen LogP contribution in [0.3, 0.4) is 0 Å². The lowest BCUT2D eigenvalue weighted by Gasteiger charge is -2.07. The number of hydrogen-bond donors (Lipinski definition) is 2. The van der Waals surface area contributed by atoms with Crippen LogP contribution >= 0.6 is 11.3 Å². The van der Waals surface area contributed by atoms with Gasteiger partial charge in [-0.3, -0.25) is 4.72 Å². The summed E-state index contributed by atoms with van der Waals surface area (Å²) in [4.78, 5) is 1.12. The summed E-state index contributed by atoms with van der Waals surface area (Å²) in [6, 6.07) is 7.91. The van der Waals surface area contributed by atoms with Crippen LogP contribution in [0.25, 0.3) is 0 Å². The van der Waals surface area contributed by atoms with E-state index >= 15 is 0 Å². The monoisotopic (exact) mass is 326 g/mol. The molecule has 1 aromatic carbocycles. The molecule has 0 spiro atoms. The zero-order valence-corrected chi connectivity index (χ0v) is 12.8. The fraction of sp³-hybridized carbons (Fsp3) is 0.286. The number of sulfonamides is 1. The Balaban J connectivity index is 1.73. The van der Waals surface area contributed by atoms with Gasteiger partial charge in [0.2, 0.25) is 0 Å². The smallest absolute Gasteiger partial charge is 0.262 e. The fourth-order valence-corrected chi connectivity index (χ4v) is 4.17. The maximum absolute atomic E-state index is 13.5. The highest BCUT2D eigenvalue weighted by Gasteiger charge is 2.21. The van der Waals surface area contributed by atoms with E-state index in [4.69, 9.17) is 0 Å². The van der Waals surface area contributed by atoms with E-state index in [0.29, 0.717) is 12.6 Å². The van der Waals surface area contributed by atoms with Gasteiger partial charge in [-0.2, -0.15) is 0 Å². The number of halogens is 1. The molecule has 0 amide bonds. The van der Waals surface area contributed by atoms with Crippen molar-refractivity contribution in [1.29, 1.82) is 0 Å². The topological polar surface area (TPSA) is 58.2 Å². The third kappa shape index (κ3) is 3.61. The number of anilines is 1. The van der Waals surface area contributed by atoms with Crippen LogP contribution in [0.4, 0.5) is 10.1 Å². The third-order valence-corrected chi connectivity index (χ3v) is 5.63. The minimum atomic E-state index is -3.75. The van der Waals surface area contributed by atoms with Crippen LogP contribution in [-0.4, -0.2) is 14.5 Å². The lowest BCUT2D eigenvalue weighted by molar-refractivity contribution is 0.598. The van der Waals surface area contributed by atoms with Gasteiger partial charge in [-0.1, -0.05) is 12.1 Å². The lowest BCUT2D eigenvalue weighted by Crippen LogP contribution is -2.15. The normalized spacial score (nSPS) is 15.1. The Morgan fingerprint density at radius 3 is 2.76 bits per heavy atom. The predicted octanol–water partition coefficient (Wildman–Crippen LogP) is 2.94. The second-order valence-electron chi connectivity index (χ2n) is 4.99. The summed E-state index contributed by atoms with van der Waals surface area (Å²) in [6.45, 7) is 0.671. The summed E-state index contributed by atoms with van der Waals surface area (Å²) < 4.78 is 40.3. The first-order valence-electron chi connectivity index (χ1n) is 6.63. The molecular formula is C14H15FN2O2S2. The maximum Gasteiger partial charge on any atom is 0.262 e. The third-order valence-electron chi connectivity index (χ3n) is 3.20. The van der Waals surface area contributed by atoms with Gasteiger partial charge in [0.25, 0.3) is 10.0 Å². The Bertz CT molecular complexity index is 739. The molecule has 3 rings (SSSR count). The second-order valence-corrected chi connectivity index (χ2v) is 7.67. The minimum Gasteiger partial charge on any atom is -0.309 e. The first-order chi connectivity index (χ1) is 10.0. The van der Waals surface area contributed by atoms with Crippen molar-refractivity contribution in [3.63, 3.8) is 0 Å². The molecule has 0 atom stereocenters. The molecule has 7 heteroatoms. The molecule has 112 valence electrons. The van der Waals surface area contributed by atoms with E-state index in [0.717, 1.165) is 4.88 Å². The van der Waals surface area contributed by atoms with Crippen molar-refractivity contribution in [1.82, 2.24) is 5.32 Å². The molecule has 2 aromatic rings. The van der Waals surface area contributed by atoms with E-state index in [1.807, 2.05) is 0 Å². The summed E-state index contributed by atoms with van der Waals surface area (Å²) in [5.74, 6) is -0.591. The molecular weight excluding hydrogens is 311 g/mol. The number of hydrogen-bond acceptors (Lipinski definition) is 4. The Hall–Kier alpha value is -1.44. The highest BCUT2D eigenvalue weighted by atomic mass is 32.2. The van der Waals surface area contributed by atoms with Gasteiger partial charge < -0.3 is 5.32 Å². The summed E-state index contributed by atoms with van der Waals surface area (Å²) in [5.41, 5.74) is -0.0404. The van der Waals surface area contributed by atoms with Gasteiger partial charge in [0.05, 0.1) is 10.6 Å². The van der Waals surface area contributed by atoms with Crippen LogP contribution in [-0.2, 0) is 16.6 Å². The van der Waals surface area contributed by atoms with E-state index in [2.05, 4.69) is 10.0 Å². The molecule has 2 N–H and O–H groups in total. The van der Waals surface area contributed by atoms with Gasteiger partial charge in [0.15, 0.2) is 0 Å². The zero-order chi connectivity index (χ0) is 14.9. The Morgan fingerprint density at radius 1 is 1.29 bits per heavy atom. The maximum atomic E-state index is 13.5. The van der Waals surface area contributed by atoms with Gasteiger partial charge in [0, 0.05) is 22.8 Å². The van der Waals surface area contributed by atoms with Crippen molar-refractivity contribution < 1.29 is 12.8 Å². The summed E-state index contributed by atoms with van der Waals surface area (Å²) >= 11 is 1.39. The second kappa shape index (κ2) is 5.75. The fourth-order valence-electron chi connectivity index (χ4n) is 1.87. The molecule has 1 aliphatic rings. The number of rotatable bonds is 6. The van der Waals surface area contributed by atoms with Crippen molar-refractivity contribution in [3.05, 3.63) is 46.4 Å². The summed E-state index contributed by atoms with van der Waals surface area (Å²) in [6.07, 6.45) is 2.37. The summed E-state index contributed by atoms with van der Waals surface area (Å²) in [7, 11) is -3.75. The standard InChI is InChI=1S/C14H15FN2O2S2/c15-13-3-1-2-4-14(13)17-21(18,19)12-7-11(20-9-12)8-16-10-5-6-10/h1-4,7,9-10,16-17H,5-6,8H2. The van der Waals surface area contributed by atoms with E-state index in [1.165, 1.54) is 42.4 Å². The average Bonchev–Trinajstić information content (AvgIpc) is 3.15. The van der Waals surface area contributed by atoms with Gasteiger partial charge in [-0.25, -0.2) is 12.8 Å². The Morgan fingerprint density at radius 2 is 2.05 bits per heavy atom. The van der Waals surface area contributed by atoms with Gasteiger partial charge in [-0.15, -0.1) is 11.3 Å². The number of benzene rings is 1. The Labute approximate surface area is 127 Å². The highest BCUT2D eigenvalue weighted by Crippen LogP contribution is 2.25. The van der Waals surface area contributed by atoms with Crippen LogP contribution in [0.5, 0.6) is 0 Å². The van der Waals surface area contributed by atoms with E-state index in [-0.39, 0.29) is 10.6 Å². The SMILES string of the molecule is O=S(=O)(Nc1ccccc1F)c1csc(CNC2CC2)c1. The molecule has 1 saturated carbocycles. The lowest BCUT2D eigenvalue weighted by atomic mass is 10.3. The molecule has 0 radical (unpaired) electrons. The van der Waals surface area contributed by atoms with E-state index in [1.54, 1.807) is 17.5 Å². The first-order valence-corrected chi connectivity index (χ1v) is 8.99. The predicted molar refractivity (Wildman–Crippen MR) is 81.4 cm³/mol. The molecule has 1 heterocycles. The quantitative estimate of drug-likeness (QED) is 0.858. The molecule has 1 aliphatic carbocycles. The largest absolute Gasteiger partial charge is 0.309 e. The minimum absolute atomic E-state index is 0.0404. The molecule has 0 unspecified atom stereocenters. The molecule has 1 fully saturated rings. The molecule has 4 nitrogen and oxygen atoms in total. The van der Waals surface area contributed by atoms with E-state index < -0.39 is 15.8 Å². The Kier molecular flexibility index (Phi) is 3.97. The molecule has 0 aliphatic heterocycles. The first kappa shape index (κ1) is 14.5. The summed E-state index contributed by atoms with van der Waals surface area (Å²) in [5, 5.41) is 4.91. The molecule has 0 bridgehead atoms. The van der Waals surface area contributed by atoms with Crippen molar-refractivity contribution in [2.24, 2.45) is 0 Å². The zero-order valence-electron chi connectivity index (χ0n) is 11.2. The number of para-hydroxylation sites is 1. The van der Waals surface area contributed by atoms with Crippen molar-refractivity contribution >= 4 is 27.0 Å². The molecule has 21 heavy (non-hydrogen) atoms. The van der Waals surface area contributed by atoms with Gasteiger partial charge in [-0.05, 0) is 31.0 Å². The van der Waals surface area contributed by atoms with Crippen LogP contribution in [0.15, 0.2) is 40.6 Å². The van der Waals surface area contributed by atoms with Crippen LogP contribution < -0.4 is 10.0 Å². The van der Waals surface area contributed by atoms with Crippen LogP contribution in [0.1, 0.15) is 17.7 Å². The van der Waals surface area contributed by atoms with Crippen LogP contribution in [0.2, 0.25) is 0 Å². The molecule has 0 saturated heterocycles. The van der Waals surface area contributed by atoms with Crippen LogP contribution in [0, 0.1) is 5.82 Å². The highest BCUT2D eigenvalue weighted by molar-refractivity contribution is 7.92. The average molecular weight is 326 g/mol. The molecule has 1 aromatic heterocycles. The van der Waals surface area contributed by atoms with Crippen molar-refractivity contribution in [2.75, 3.05) is 4.72 Å². The van der Waals surface area contributed by atoms with Crippen molar-refractivity contribution in [3.8, 4) is 0 Å².